The molecule has 1 saturated heterocycles. The van der Waals surface area contributed by atoms with E-state index in [1.807, 2.05) is 24.3 Å². The third-order valence-corrected chi connectivity index (χ3v) is 2.15. The van der Waals surface area contributed by atoms with Crippen LogP contribution in [0.5, 0.6) is 5.88 Å². The molecule has 0 spiro atoms. The lowest BCUT2D eigenvalue weighted by molar-refractivity contribution is 0.245. The maximum Gasteiger partial charge on any atom is 0.262 e. The van der Waals surface area contributed by atoms with Gasteiger partial charge in [0.2, 0.25) is 0 Å². The fourth-order valence-corrected chi connectivity index (χ4v) is 1.30. The summed E-state index contributed by atoms with van der Waals surface area (Å²) in [6.07, 6.45) is 0.241. The predicted molar refractivity (Wildman–Crippen MR) is 49.2 cm³/mol. The van der Waals surface area contributed by atoms with E-state index >= 15 is 0 Å². The highest BCUT2D eigenvalue weighted by molar-refractivity contribution is 5.81. The summed E-state index contributed by atoms with van der Waals surface area (Å²) in [5, 5.41) is 4.75. The van der Waals surface area contributed by atoms with Gasteiger partial charge in [0.15, 0.2) is 5.58 Å². The van der Waals surface area contributed by atoms with Crippen molar-refractivity contribution in [1.29, 1.82) is 0 Å². The quantitative estimate of drug-likeness (QED) is 0.691. The highest BCUT2D eigenvalue weighted by Gasteiger charge is 2.24. The van der Waals surface area contributed by atoms with E-state index in [1.54, 1.807) is 0 Å². The lowest BCUT2D eigenvalue weighted by atomic mass is 10.3. The number of para-hydroxylation sites is 1. The number of nitrogens with zero attached hydrogens (tertiary/aromatic N) is 1. The molecule has 0 N–H and O–H groups in total. The van der Waals surface area contributed by atoms with Gasteiger partial charge in [-0.05, 0) is 17.3 Å². The Labute approximate surface area is 80.4 Å². The van der Waals surface area contributed by atoms with Gasteiger partial charge in [-0.3, -0.25) is 0 Å². The van der Waals surface area contributed by atoms with Gasteiger partial charge in [0, 0.05) is 0 Å². The molecular weight excluding hydrogens is 182 g/mol. The molecule has 1 aromatic heterocycles. The van der Waals surface area contributed by atoms with Gasteiger partial charge < -0.3 is 14.0 Å². The van der Waals surface area contributed by atoms with Crippen LogP contribution in [0.3, 0.4) is 0 Å². The van der Waals surface area contributed by atoms with Crippen molar-refractivity contribution in [3.05, 3.63) is 24.3 Å². The summed E-state index contributed by atoms with van der Waals surface area (Å²) >= 11 is 0. The zero-order valence-corrected chi connectivity index (χ0v) is 7.47. The predicted octanol–water partition coefficient (Wildman–Crippen LogP) is 1.61. The normalized spacial score (nSPS) is 19.9. The van der Waals surface area contributed by atoms with Gasteiger partial charge in [-0.1, -0.05) is 12.1 Å². The molecule has 1 atom stereocenters. The molecule has 0 bridgehead atoms. The number of aromatic nitrogens is 1. The Balaban J connectivity index is 1.87. The van der Waals surface area contributed by atoms with Crippen LogP contribution < -0.4 is 4.74 Å². The molecule has 72 valence electrons. The molecule has 0 amide bonds. The van der Waals surface area contributed by atoms with Crippen LogP contribution in [0.15, 0.2) is 28.8 Å². The molecule has 3 rings (SSSR count). The van der Waals surface area contributed by atoms with Crippen LogP contribution in [0.25, 0.3) is 11.0 Å². The Hall–Kier alpha value is -1.55. The fourth-order valence-electron chi connectivity index (χ4n) is 1.30. The van der Waals surface area contributed by atoms with Crippen LogP contribution in [0.2, 0.25) is 0 Å². The fraction of sp³-hybridized carbons (Fsp3) is 0.300. The van der Waals surface area contributed by atoms with Crippen molar-refractivity contribution in [3.63, 3.8) is 0 Å². The minimum Gasteiger partial charge on any atom is -0.472 e. The summed E-state index contributed by atoms with van der Waals surface area (Å²) in [6.45, 7) is 1.34. The van der Waals surface area contributed by atoms with Gasteiger partial charge in [0.25, 0.3) is 5.88 Å². The average Bonchev–Trinajstić information content (AvgIpc) is 2.96. The van der Waals surface area contributed by atoms with Gasteiger partial charge >= 0.3 is 0 Å². The molecule has 2 heterocycles. The van der Waals surface area contributed by atoms with Crippen molar-refractivity contribution in [1.82, 2.24) is 5.16 Å². The lowest BCUT2D eigenvalue weighted by Gasteiger charge is -1.97. The Morgan fingerprint density at radius 1 is 1.43 bits per heavy atom. The van der Waals surface area contributed by atoms with E-state index in [9.17, 15) is 0 Å². The standard InChI is InChI=1S/C10H9NO3/c1-2-4-9-8(3-1)10(11-14-9)13-6-7-5-12-7/h1-4,7H,5-6H2/t7-/m0/s1. The minimum absolute atomic E-state index is 0.241. The molecule has 1 aromatic carbocycles. The van der Waals surface area contributed by atoms with E-state index in [4.69, 9.17) is 14.0 Å². The SMILES string of the molecule is c1ccc2c(OC[C@@H]3CO3)noc2c1. The number of epoxide rings is 1. The molecule has 14 heavy (non-hydrogen) atoms. The summed E-state index contributed by atoms with van der Waals surface area (Å²) in [5.41, 5.74) is 0.749. The number of hydrogen-bond acceptors (Lipinski definition) is 4. The van der Waals surface area contributed by atoms with Crippen molar-refractivity contribution >= 4 is 11.0 Å². The molecule has 0 radical (unpaired) electrons. The number of benzene rings is 1. The summed E-state index contributed by atoms with van der Waals surface area (Å²) < 4.78 is 15.6. The van der Waals surface area contributed by atoms with E-state index in [0.29, 0.717) is 12.5 Å². The number of ether oxygens (including phenoxy) is 2. The first-order valence-corrected chi connectivity index (χ1v) is 4.52. The van der Waals surface area contributed by atoms with Crippen molar-refractivity contribution in [2.75, 3.05) is 13.2 Å². The Morgan fingerprint density at radius 3 is 3.14 bits per heavy atom. The van der Waals surface area contributed by atoms with Crippen molar-refractivity contribution in [2.24, 2.45) is 0 Å². The van der Waals surface area contributed by atoms with E-state index in [2.05, 4.69) is 5.16 Å². The first-order chi connectivity index (χ1) is 6.93. The molecule has 0 saturated carbocycles. The summed E-state index contributed by atoms with van der Waals surface area (Å²) in [6, 6.07) is 7.62. The van der Waals surface area contributed by atoms with Crippen LogP contribution in [0, 0.1) is 0 Å². The van der Waals surface area contributed by atoms with Gasteiger partial charge in [-0.15, -0.1) is 0 Å². The number of rotatable bonds is 3. The number of fused-ring (bicyclic) bond motifs is 1. The van der Waals surface area contributed by atoms with E-state index in [1.165, 1.54) is 0 Å². The summed E-state index contributed by atoms with van der Waals surface area (Å²) in [4.78, 5) is 0. The Kier molecular flexibility index (Phi) is 1.67. The van der Waals surface area contributed by atoms with Crippen LogP contribution in [0.4, 0.5) is 0 Å². The second-order valence-corrected chi connectivity index (χ2v) is 3.25. The highest BCUT2D eigenvalue weighted by Crippen LogP contribution is 2.24. The van der Waals surface area contributed by atoms with Gasteiger partial charge in [0.1, 0.15) is 12.7 Å². The molecule has 4 nitrogen and oxygen atoms in total. The largest absolute Gasteiger partial charge is 0.472 e. The summed E-state index contributed by atoms with van der Waals surface area (Å²) in [5.74, 6) is 0.552. The van der Waals surface area contributed by atoms with E-state index in [0.717, 1.165) is 17.6 Å². The minimum atomic E-state index is 0.241. The second-order valence-electron chi connectivity index (χ2n) is 3.25. The molecule has 1 fully saturated rings. The van der Waals surface area contributed by atoms with Crippen LogP contribution >= 0.6 is 0 Å². The molecule has 1 aliphatic rings. The molecule has 1 aliphatic heterocycles. The third kappa shape index (κ3) is 1.33. The molecule has 0 unspecified atom stereocenters. The van der Waals surface area contributed by atoms with Crippen LogP contribution in [-0.2, 0) is 4.74 Å². The molecule has 4 heteroatoms. The van der Waals surface area contributed by atoms with Crippen molar-refractivity contribution < 1.29 is 14.0 Å². The van der Waals surface area contributed by atoms with E-state index < -0.39 is 0 Å². The zero-order valence-electron chi connectivity index (χ0n) is 7.47. The van der Waals surface area contributed by atoms with E-state index in [-0.39, 0.29) is 6.10 Å². The molecule has 2 aromatic rings. The molecular formula is C10H9NO3. The monoisotopic (exact) mass is 191 g/mol. The van der Waals surface area contributed by atoms with Gasteiger partial charge in [0.05, 0.1) is 12.0 Å². The number of hydrogen-bond donors (Lipinski definition) is 0. The smallest absolute Gasteiger partial charge is 0.262 e. The van der Waals surface area contributed by atoms with Crippen molar-refractivity contribution in [3.8, 4) is 5.88 Å². The maximum absolute atomic E-state index is 5.45. The van der Waals surface area contributed by atoms with Gasteiger partial charge in [-0.2, -0.15) is 0 Å². The van der Waals surface area contributed by atoms with Gasteiger partial charge in [-0.25, -0.2) is 0 Å². The zero-order chi connectivity index (χ0) is 9.38. The lowest BCUT2D eigenvalue weighted by Crippen LogP contribution is -2.04. The topological polar surface area (TPSA) is 47.8 Å². The third-order valence-electron chi connectivity index (χ3n) is 2.15. The first kappa shape index (κ1) is 7.82. The Morgan fingerprint density at radius 2 is 2.29 bits per heavy atom. The second kappa shape index (κ2) is 2.99. The van der Waals surface area contributed by atoms with Crippen molar-refractivity contribution in [2.45, 2.75) is 6.10 Å². The Bertz CT molecular complexity index is 447. The highest BCUT2D eigenvalue weighted by atomic mass is 16.6. The van der Waals surface area contributed by atoms with Crippen LogP contribution in [0.1, 0.15) is 0 Å². The maximum atomic E-state index is 5.45. The van der Waals surface area contributed by atoms with Crippen LogP contribution in [-0.4, -0.2) is 24.5 Å². The summed E-state index contributed by atoms with van der Waals surface area (Å²) in [7, 11) is 0. The first-order valence-electron chi connectivity index (χ1n) is 4.52. The average molecular weight is 191 g/mol. The molecule has 0 aliphatic carbocycles.